The number of nitrogens with two attached hydrogens (primary N) is 1. The van der Waals surface area contributed by atoms with E-state index in [1.165, 1.54) is 5.56 Å². The summed E-state index contributed by atoms with van der Waals surface area (Å²) in [6, 6.07) is 8.83. The van der Waals surface area contributed by atoms with E-state index < -0.39 is 0 Å². The molecule has 2 N–H and O–H groups in total. The minimum Gasteiger partial charge on any atom is -0.376 e. The summed E-state index contributed by atoms with van der Waals surface area (Å²) < 4.78 is 6.70. The molecule has 3 atom stereocenters. The monoisotopic (exact) mass is 312 g/mol. The van der Waals surface area contributed by atoms with Gasteiger partial charge in [-0.1, -0.05) is 28.1 Å². The Kier molecular flexibility index (Phi) is 4.78. The van der Waals surface area contributed by atoms with Crippen LogP contribution < -0.4 is 5.73 Å². The Morgan fingerprint density at radius 1 is 1.39 bits per heavy atom. The third-order valence-electron chi connectivity index (χ3n) is 3.38. The van der Waals surface area contributed by atoms with Crippen LogP contribution in [0.2, 0.25) is 0 Å². The summed E-state index contributed by atoms with van der Waals surface area (Å²) >= 11 is 3.47. The van der Waals surface area contributed by atoms with Crippen molar-refractivity contribution in [3.63, 3.8) is 0 Å². The third kappa shape index (κ3) is 3.32. The molecule has 0 spiro atoms. The molecule has 1 aliphatic heterocycles. The van der Waals surface area contributed by atoms with E-state index in [1.807, 2.05) is 0 Å². The molecule has 0 aliphatic carbocycles. The second kappa shape index (κ2) is 6.15. The van der Waals surface area contributed by atoms with E-state index in [-0.39, 0.29) is 18.2 Å². The minimum absolute atomic E-state index is 0.108. The average Bonchev–Trinajstić information content (AvgIpc) is 2.32. The lowest BCUT2D eigenvalue weighted by Crippen LogP contribution is -2.47. The van der Waals surface area contributed by atoms with Gasteiger partial charge >= 0.3 is 0 Å². The number of rotatable bonds is 3. The SMILES string of the molecule is CC1CN(C(c2ccc(Br)cc2)C(C)N)CCO1. The molecule has 0 saturated carbocycles. The molecule has 1 heterocycles. The van der Waals surface area contributed by atoms with E-state index in [0.29, 0.717) is 0 Å². The molecule has 0 aromatic heterocycles. The number of hydrogen-bond acceptors (Lipinski definition) is 3. The Morgan fingerprint density at radius 2 is 2.06 bits per heavy atom. The van der Waals surface area contributed by atoms with Gasteiger partial charge in [0.25, 0.3) is 0 Å². The molecule has 100 valence electrons. The Hall–Kier alpha value is -0.420. The standard InChI is InChI=1S/C14H21BrN2O/c1-10-9-17(7-8-18-10)14(11(2)16)12-3-5-13(15)6-4-12/h3-6,10-11,14H,7-9,16H2,1-2H3. The summed E-state index contributed by atoms with van der Waals surface area (Å²) in [5.74, 6) is 0. The Labute approximate surface area is 117 Å². The number of nitrogens with zero attached hydrogens (tertiary/aromatic N) is 1. The second-order valence-electron chi connectivity index (χ2n) is 5.03. The number of halogens is 1. The van der Waals surface area contributed by atoms with Crippen LogP contribution in [0.5, 0.6) is 0 Å². The van der Waals surface area contributed by atoms with Gasteiger partial charge in [0.1, 0.15) is 0 Å². The van der Waals surface area contributed by atoms with Gasteiger partial charge in [0.05, 0.1) is 12.7 Å². The highest BCUT2D eigenvalue weighted by molar-refractivity contribution is 9.10. The lowest BCUT2D eigenvalue weighted by atomic mass is 9.98. The molecule has 0 radical (unpaired) electrons. The highest BCUT2D eigenvalue weighted by Gasteiger charge is 2.27. The fraction of sp³-hybridized carbons (Fsp3) is 0.571. The summed E-state index contributed by atoms with van der Waals surface area (Å²) in [4.78, 5) is 2.43. The first-order valence-electron chi connectivity index (χ1n) is 6.44. The van der Waals surface area contributed by atoms with Crippen molar-refractivity contribution in [2.75, 3.05) is 19.7 Å². The maximum Gasteiger partial charge on any atom is 0.0674 e. The predicted octanol–water partition coefficient (Wildman–Crippen LogP) is 2.56. The fourth-order valence-electron chi connectivity index (χ4n) is 2.60. The van der Waals surface area contributed by atoms with Crippen molar-refractivity contribution < 1.29 is 4.74 Å². The van der Waals surface area contributed by atoms with Crippen molar-refractivity contribution in [1.82, 2.24) is 4.90 Å². The Bertz CT molecular complexity index is 380. The number of hydrogen-bond donors (Lipinski definition) is 1. The van der Waals surface area contributed by atoms with Crippen molar-refractivity contribution in [2.24, 2.45) is 5.73 Å². The molecular formula is C14H21BrN2O. The lowest BCUT2D eigenvalue weighted by Gasteiger charge is -2.39. The van der Waals surface area contributed by atoms with Crippen molar-refractivity contribution in [1.29, 1.82) is 0 Å². The van der Waals surface area contributed by atoms with Gasteiger partial charge in [0.15, 0.2) is 0 Å². The summed E-state index contributed by atoms with van der Waals surface area (Å²) in [7, 11) is 0. The topological polar surface area (TPSA) is 38.5 Å². The minimum atomic E-state index is 0.108. The Balaban J connectivity index is 2.19. The van der Waals surface area contributed by atoms with Gasteiger partial charge in [0.2, 0.25) is 0 Å². The van der Waals surface area contributed by atoms with Gasteiger partial charge in [-0.25, -0.2) is 0 Å². The van der Waals surface area contributed by atoms with Crippen LogP contribution in [0.25, 0.3) is 0 Å². The van der Waals surface area contributed by atoms with Crippen LogP contribution in [-0.4, -0.2) is 36.7 Å². The smallest absolute Gasteiger partial charge is 0.0674 e. The van der Waals surface area contributed by atoms with E-state index in [1.54, 1.807) is 0 Å². The molecule has 18 heavy (non-hydrogen) atoms. The van der Waals surface area contributed by atoms with Gasteiger partial charge in [0, 0.05) is 29.6 Å². The van der Waals surface area contributed by atoms with Crippen LogP contribution in [0, 0.1) is 0 Å². The molecule has 3 unspecified atom stereocenters. The molecule has 1 fully saturated rings. The summed E-state index contributed by atoms with van der Waals surface area (Å²) in [5, 5.41) is 0. The quantitative estimate of drug-likeness (QED) is 0.932. The zero-order valence-corrected chi connectivity index (χ0v) is 12.6. The molecule has 1 saturated heterocycles. The van der Waals surface area contributed by atoms with Crippen LogP contribution in [0.3, 0.4) is 0 Å². The van der Waals surface area contributed by atoms with Crippen LogP contribution in [0.15, 0.2) is 28.7 Å². The number of morpholine rings is 1. The van der Waals surface area contributed by atoms with Gasteiger partial charge in [-0.05, 0) is 31.5 Å². The van der Waals surface area contributed by atoms with Gasteiger partial charge in [-0.3, -0.25) is 4.90 Å². The van der Waals surface area contributed by atoms with E-state index in [0.717, 1.165) is 24.2 Å². The van der Waals surface area contributed by atoms with Crippen LogP contribution in [0.1, 0.15) is 25.5 Å². The van der Waals surface area contributed by atoms with E-state index in [4.69, 9.17) is 10.5 Å². The van der Waals surface area contributed by atoms with Crippen molar-refractivity contribution in [2.45, 2.75) is 32.0 Å². The highest BCUT2D eigenvalue weighted by Crippen LogP contribution is 2.26. The molecule has 4 heteroatoms. The highest BCUT2D eigenvalue weighted by atomic mass is 79.9. The van der Waals surface area contributed by atoms with E-state index in [2.05, 4.69) is 58.9 Å². The van der Waals surface area contributed by atoms with Crippen LogP contribution in [0.4, 0.5) is 0 Å². The number of benzene rings is 1. The number of ether oxygens (including phenoxy) is 1. The van der Waals surface area contributed by atoms with Gasteiger partial charge < -0.3 is 10.5 Å². The zero-order valence-electron chi connectivity index (χ0n) is 11.0. The first-order chi connectivity index (χ1) is 8.58. The summed E-state index contributed by atoms with van der Waals surface area (Å²) in [6.07, 6.45) is 0.287. The van der Waals surface area contributed by atoms with E-state index in [9.17, 15) is 0 Å². The maximum absolute atomic E-state index is 6.19. The average molecular weight is 313 g/mol. The van der Waals surface area contributed by atoms with Gasteiger partial charge in [-0.15, -0.1) is 0 Å². The molecule has 1 aromatic carbocycles. The molecule has 0 bridgehead atoms. The first kappa shape index (κ1) is 14.0. The summed E-state index contributed by atoms with van der Waals surface area (Å²) in [6.45, 7) is 6.88. The fourth-order valence-corrected chi connectivity index (χ4v) is 2.87. The maximum atomic E-state index is 6.19. The van der Waals surface area contributed by atoms with Crippen LogP contribution in [-0.2, 0) is 4.74 Å². The van der Waals surface area contributed by atoms with Crippen molar-refractivity contribution in [3.05, 3.63) is 34.3 Å². The normalized spacial score (nSPS) is 24.8. The van der Waals surface area contributed by atoms with Crippen molar-refractivity contribution >= 4 is 15.9 Å². The van der Waals surface area contributed by atoms with E-state index >= 15 is 0 Å². The van der Waals surface area contributed by atoms with Crippen LogP contribution >= 0.6 is 15.9 Å². The summed E-state index contributed by atoms with van der Waals surface area (Å²) in [5.41, 5.74) is 7.47. The third-order valence-corrected chi connectivity index (χ3v) is 3.90. The molecule has 1 aromatic rings. The molecule has 1 aliphatic rings. The van der Waals surface area contributed by atoms with Gasteiger partial charge in [-0.2, -0.15) is 0 Å². The predicted molar refractivity (Wildman–Crippen MR) is 77.5 cm³/mol. The second-order valence-corrected chi connectivity index (χ2v) is 5.95. The Morgan fingerprint density at radius 3 is 2.61 bits per heavy atom. The van der Waals surface area contributed by atoms with Crippen molar-refractivity contribution in [3.8, 4) is 0 Å². The molecule has 2 rings (SSSR count). The zero-order chi connectivity index (χ0) is 13.1. The molecule has 3 nitrogen and oxygen atoms in total. The lowest BCUT2D eigenvalue weighted by molar-refractivity contribution is -0.0376. The first-order valence-corrected chi connectivity index (χ1v) is 7.24. The molecular weight excluding hydrogens is 292 g/mol. The molecule has 0 amide bonds. The largest absolute Gasteiger partial charge is 0.376 e.